The van der Waals surface area contributed by atoms with Gasteiger partial charge in [0, 0.05) is 18.3 Å². The van der Waals surface area contributed by atoms with Gasteiger partial charge in [0.25, 0.3) is 0 Å². The lowest BCUT2D eigenvalue weighted by Gasteiger charge is -2.10. The third-order valence-electron chi connectivity index (χ3n) is 2.45. The number of rotatable bonds is 7. The highest BCUT2D eigenvalue weighted by Crippen LogP contribution is 2.07. The monoisotopic (exact) mass is 219 g/mol. The van der Waals surface area contributed by atoms with E-state index in [1.165, 1.54) is 0 Å². The third kappa shape index (κ3) is 7.19. The van der Waals surface area contributed by atoms with Crippen molar-refractivity contribution in [3.8, 4) is 0 Å². The number of hydrogen-bond donors (Lipinski definition) is 1. The minimum absolute atomic E-state index is 0.152. The second kappa shape index (κ2) is 8.10. The summed E-state index contributed by atoms with van der Waals surface area (Å²) in [5, 5.41) is 3.08. The van der Waals surface area contributed by atoms with Gasteiger partial charge in [0.2, 0.25) is 5.91 Å². The normalized spacial score (nSPS) is 14.9. The number of amides is 1. The van der Waals surface area contributed by atoms with Gasteiger partial charge in [-0.15, -0.1) is 11.6 Å². The van der Waals surface area contributed by atoms with Gasteiger partial charge in [-0.2, -0.15) is 0 Å². The maximum Gasteiger partial charge on any atom is 0.220 e. The first-order valence-electron chi connectivity index (χ1n) is 5.50. The van der Waals surface area contributed by atoms with E-state index >= 15 is 0 Å². The average molecular weight is 220 g/mol. The van der Waals surface area contributed by atoms with Crippen LogP contribution in [0.15, 0.2) is 0 Å². The van der Waals surface area contributed by atoms with Crippen molar-refractivity contribution in [1.82, 2.24) is 5.32 Å². The molecule has 84 valence electrons. The molecule has 0 saturated heterocycles. The van der Waals surface area contributed by atoms with Crippen LogP contribution in [0.2, 0.25) is 0 Å². The second-order valence-electron chi connectivity index (χ2n) is 3.86. The Labute approximate surface area is 92.4 Å². The molecule has 2 atom stereocenters. The third-order valence-corrected chi connectivity index (χ3v) is 2.98. The van der Waals surface area contributed by atoms with Gasteiger partial charge in [-0.25, -0.2) is 0 Å². The summed E-state index contributed by atoms with van der Waals surface area (Å²) in [5.41, 5.74) is 0. The summed E-state index contributed by atoms with van der Waals surface area (Å²) >= 11 is 5.93. The minimum Gasteiger partial charge on any atom is -0.356 e. The summed E-state index contributed by atoms with van der Waals surface area (Å²) in [6.07, 6.45) is 3.52. The minimum atomic E-state index is 0.152. The van der Waals surface area contributed by atoms with E-state index in [1.54, 1.807) is 0 Å². The Kier molecular flexibility index (Phi) is 7.96. The van der Waals surface area contributed by atoms with Crippen molar-refractivity contribution in [2.75, 3.05) is 6.54 Å². The fourth-order valence-corrected chi connectivity index (χ4v) is 1.21. The van der Waals surface area contributed by atoms with E-state index < -0.39 is 0 Å². The van der Waals surface area contributed by atoms with Gasteiger partial charge in [0.05, 0.1) is 0 Å². The Balaban J connectivity index is 3.44. The molecule has 0 heterocycles. The Morgan fingerprint density at radius 2 is 2.00 bits per heavy atom. The van der Waals surface area contributed by atoms with Crippen LogP contribution in [-0.2, 0) is 4.79 Å². The summed E-state index contributed by atoms with van der Waals surface area (Å²) in [7, 11) is 0. The first kappa shape index (κ1) is 13.8. The Morgan fingerprint density at radius 1 is 1.36 bits per heavy atom. The van der Waals surface area contributed by atoms with E-state index in [-0.39, 0.29) is 11.3 Å². The second-order valence-corrected chi connectivity index (χ2v) is 4.48. The Bertz CT molecular complexity index is 161. The van der Waals surface area contributed by atoms with Crippen LogP contribution in [0.3, 0.4) is 0 Å². The number of carbonyl (C=O) groups is 1. The van der Waals surface area contributed by atoms with Crippen molar-refractivity contribution in [1.29, 1.82) is 0 Å². The van der Waals surface area contributed by atoms with Crippen molar-refractivity contribution in [2.45, 2.75) is 51.8 Å². The number of halogens is 1. The highest BCUT2D eigenvalue weighted by molar-refractivity contribution is 6.20. The zero-order valence-corrected chi connectivity index (χ0v) is 10.2. The lowest BCUT2D eigenvalue weighted by atomic mass is 10.1. The molecule has 0 radical (unpaired) electrons. The molecule has 1 amide bonds. The molecular weight excluding hydrogens is 198 g/mol. The Morgan fingerprint density at radius 3 is 2.50 bits per heavy atom. The number of hydrogen-bond acceptors (Lipinski definition) is 1. The molecule has 0 rings (SSSR count). The summed E-state index contributed by atoms with van der Waals surface area (Å²) < 4.78 is 0. The first-order chi connectivity index (χ1) is 6.60. The van der Waals surface area contributed by atoms with Crippen LogP contribution in [0.25, 0.3) is 0 Å². The van der Waals surface area contributed by atoms with Gasteiger partial charge >= 0.3 is 0 Å². The zero-order valence-electron chi connectivity index (χ0n) is 9.48. The molecule has 0 aromatic carbocycles. The maximum atomic E-state index is 11.3. The fourth-order valence-electron chi connectivity index (χ4n) is 1.11. The van der Waals surface area contributed by atoms with Crippen LogP contribution in [0, 0.1) is 5.92 Å². The zero-order chi connectivity index (χ0) is 11.0. The highest BCUT2D eigenvalue weighted by Gasteiger charge is 2.07. The fraction of sp³-hybridized carbons (Fsp3) is 0.909. The smallest absolute Gasteiger partial charge is 0.220 e. The molecule has 2 unspecified atom stereocenters. The summed E-state index contributed by atoms with van der Waals surface area (Å²) in [6.45, 7) is 6.95. The van der Waals surface area contributed by atoms with Crippen molar-refractivity contribution in [2.24, 2.45) is 5.92 Å². The molecule has 0 bridgehead atoms. The van der Waals surface area contributed by atoms with Gasteiger partial charge in [-0.3, -0.25) is 4.79 Å². The lowest BCUT2D eigenvalue weighted by molar-refractivity contribution is -0.121. The number of alkyl halides is 1. The van der Waals surface area contributed by atoms with Gasteiger partial charge in [-0.1, -0.05) is 27.2 Å². The van der Waals surface area contributed by atoms with E-state index in [4.69, 9.17) is 11.6 Å². The molecule has 3 heteroatoms. The van der Waals surface area contributed by atoms with E-state index in [2.05, 4.69) is 26.1 Å². The molecule has 0 fully saturated rings. The largest absolute Gasteiger partial charge is 0.356 e. The molecule has 0 aromatic rings. The average Bonchev–Trinajstić information content (AvgIpc) is 2.17. The van der Waals surface area contributed by atoms with Crippen molar-refractivity contribution in [3.63, 3.8) is 0 Å². The molecule has 0 aliphatic carbocycles. The molecular formula is C11H22ClNO. The van der Waals surface area contributed by atoms with Gasteiger partial charge < -0.3 is 5.32 Å². The van der Waals surface area contributed by atoms with Crippen LogP contribution >= 0.6 is 11.6 Å². The van der Waals surface area contributed by atoms with Crippen LogP contribution in [0.5, 0.6) is 0 Å². The van der Waals surface area contributed by atoms with Crippen LogP contribution in [-0.4, -0.2) is 17.8 Å². The molecule has 14 heavy (non-hydrogen) atoms. The van der Waals surface area contributed by atoms with Gasteiger partial charge in [-0.05, 0) is 18.8 Å². The molecule has 1 N–H and O–H groups in total. The predicted octanol–water partition coefficient (Wildman–Crippen LogP) is 2.95. The van der Waals surface area contributed by atoms with Crippen LogP contribution < -0.4 is 5.32 Å². The van der Waals surface area contributed by atoms with E-state index in [9.17, 15) is 4.79 Å². The molecule has 0 aliphatic heterocycles. The summed E-state index contributed by atoms with van der Waals surface area (Å²) in [4.78, 5) is 11.3. The van der Waals surface area contributed by atoms with Gasteiger partial charge in [0.15, 0.2) is 0 Å². The molecule has 0 aromatic heterocycles. The van der Waals surface area contributed by atoms with Crippen LogP contribution in [0.4, 0.5) is 0 Å². The van der Waals surface area contributed by atoms with E-state index in [1.807, 2.05) is 0 Å². The topological polar surface area (TPSA) is 29.1 Å². The molecule has 0 aliphatic rings. The summed E-state index contributed by atoms with van der Waals surface area (Å²) in [5.74, 6) is 0.632. The lowest BCUT2D eigenvalue weighted by Crippen LogP contribution is -2.27. The quantitative estimate of drug-likeness (QED) is 0.656. The maximum absolute atomic E-state index is 11.3. The van der Waals surface area contributed by atoms with Crippen molar-refractivity contribution < 1.29 is 4.79 Å². The molecule has 0 saturated carbocycles. The first-order valence-corrected chi connectivity index (χ1v) is 5.94. The number of carbonyl (C=O) groups excluding carboxylic acids is 1. The van der Waals surface area contributed by atoms with Crippen molar-refractivity contribution in [3.05, 3.63) is 0 Å². The summed E-state index contributed by atoms with van der Waals surface area (Å²) in [6, 6.07) is 0. The van der Waals surface area contributed by atoms with E-state index in [0.717, 1.165) is 19.3 Å². The Hall–Kier alpha value is -0.240. The van der Waals surface area contributed by atoms with Crippen molar-refractivity contribution >= 4 is 17.5 Å². The van der Waals surface area contributed by atoms with Crippen LogP contribution in [0.1, 0.15) is 46.5 Å². The predicted molar refractivity (Wildman–Crippen MR) is 61.6 cm³/mol. The SMILES string of the molecule is CCC(C)CC(=O)NCCC(Cl)CC. The number of nitrogens with one attached hydrogen (secondary N) is 1. The molecule has 2 nitrogen and oxygen atoms in total. The van der Waals surface area contributed by atoms with E-state index in [0.29, 0.717) is 18.9 Å². The highest BCUT2D eigenvalue weighted by atomic mass is 35.5. The molecule has 0 spiro atoms. The van der Waals surface area contributed by atoms with Gasteiger partial charge in [0.1, 0.15) is 0 Å². The standard InChI is InChI=1S/C11H22ClNO/c1-4-9(3)8-11(14)13-7-6-10(12)5-2/h9-10H,4-8H2,1-3H3,(H,13,14).